The van der Waals surface area contributed by atoms with E-state index in [9.17, 15) is 13.6 Å². The van der Waals surface area contributed by atoms with E-state index in [-0.39, 0.29) is 36.0 Å². The highest BCUT2D eigenvalue weighted by Gasteiger charge is 2.16. The minimum Gasteiger partial charge on any atom is -0.492 e. The molecule has 0 fully saturated rings. The highest BCUT2D eigenvalue weighted by Crippen LogP contribution is 2.35. The number of nitrogens with one attached hydrogen (secondary N) is 2. The minimum atomic E-state index is -0.524. The molecule has 0 aliphatic carbocycles. The molecule has 1 amide bonds. The number of hydrogen-bond acceptors (Lipinski definition) is 9. The van der Waals surface area contributed by atoms with E-state index in [0.717, 1.165) is 27.7 Å². The van der Waals surface area contributed by atoms with Crippen LogP contribution in [-0.4, -0.2) is 45.8 Å². The summed E-state index contributed by atoms with van der Waals surface area (Å²) in [5.74, 6) is 1.16. The van der Waals surface area contributed by atoms with Gasteiger partial charge in [0.25, 0.3) is 0 Å². The van der Waals surface area contributed by atoms with E-state index in [0.29, 0.717) is 34.5 Å². The molecule has 3 heterocycles. The lowest BCUT2D eigenvalue weighted by molar-refractivity contribution is -0.115. The summed E-state index contributed by atoms with van der Waals surface area (Å²) in [6.07, 6.45) is 2.05. The summed E-state index contributed by atoms with van der Waals surface area (Å²) in [6, 6.07) is 10.4. The van der Waals surface area contributed by atoms with Crippen molar-refractivity contribution >= 4 is 49.2 Å². The van der Waals surface area contributed by atoms with Crippen molar-refractivity contribution in [3.63, 3.8) is 0 Å². The number of amides is 1. The van der Waals surface area contributed by atoms with Gasteiger partial charge in [0.05, 0.1) is 13.3 Å². The summed E-state index contributed by atoms with van der Waals surface area (Å²) in [7, 11) is 0. The summed E-state index contributed by atoms with van der Waals surface area (Å²) in [6.45, 7) is 1.70. The molecule has 0 unspecified atom stereocenters. The molecule has 3 aromatic heterocycles. The number of aromatic nitrogens is 4. The highest BCUT2D eigenvalue weighted by atomic mass is 32.1. The van der Waals surface area contributed by atoms with Crippen molar-refractivity contribution in [3.05, 3.63) is 54.3 Å². The largest absolute Gasteiger partial charge is 0.492 e. The van der Waals surface area contributed by atoms with Crippen LogP contribution in [0.15, 0.2) is 47.1 Å². The Labute approximate surface area is 213 Å². The van der Waals surface area contributed by atoms with Gasteiger partial charge in [0.1, 0.15) is 21.8 Å². The second-order valence-electron chi connectivity index (χ2n) is 8.09. The van der Waals surface area contributed by atoms with Crippen LogP contribution in [0.5, 0.6) is 5.75 Å². The number of hydrogen-bond donors (Lipinski definition) is 2. The van der Waals surface area contributed by atoms with E-state index < -0.39 is 12.5 Å². The van der Waals surface area contributed by atoms with Crippen LogP contribution in [0.1, 0.15) is 18.7 Å². The lowest BCUT2D eigenvalue weighted by atomic mass is 10.1. The second-order valence-corrected chi connectivity index (χ2v) is 9.09. The summed E-state index contributed by atoms with van der Waals surface area (Å²) in [5.41, 5.74) is 0.887. The lowest BCUT2D eigenvalue weighted by Crippen LogP contribution is -2.16. The van der Waals surface area contributed by atoms with Crippen LogP contribution in [0.3, 0.4) is 0 Å². The molecule has 0 saturated carbocycles. The van der Waals surface area contributed by atoms with Crippen LogP contribution >= 0.6 is 11.3 Å². The molecule has 0 spiro atoms. The van der Waals surface area contributed by atoms with Crippen molar-refractivity contribution in [2.75, 3.05) is 30.5 Å². The van der Waals surface area contributed by atoms with E-state index >= 15 is 0 Å². The van der Waals surface area contributed by atoms with Gasteiger partial charge in [-0.15, -0.1) is 0 Å². The Hall–Kier alpha value is -4.19. The average molecular weight is 525 g/mol. The summed E-state index contributed by atoms with van der Waals surface area (Å²) >= 11 is 1.10. The highest BCUT2D eigenvalue weighted by molar-refractivity contribution is 7.22. The molecule has 2 aromatic carbocycles. The summed E-state index contributed by atoms with van der Waals surface area (Å²) < 4.78 is 37.7. The quantitative estimate of drug-likeness (QED) is 0.230. The normalized spacial score (nSPS) is 11.2. The first-order valence-electron chi connectivity index (χ1n) is 11.5. The Morgan fingerprint density at radius 1 is 1.19 bits per heavy atom. The molecule has 5 rings (SSSR count). The zero-order valence-corrected chi connectivity index (χ0v) is 20.6. The van der Waals surface area contributed by atoms with Gasteiger partial charge in [0, 0.05) is 43.5 Å². The van der Waals surface area contributed by atoms with Crippen molar-refractivity contribution in [2.45, 2.75) is 19.8 Å². The molecule has 37 heavy (non-hydrogen) atoms. The van der Waals surface area contributed by atoms with Gasteiger partial charge in [-0.3, -0.25) is 9.18 Å². The first-order valence-corrected chi connectivity index (χ1v) is 12.3. The van der Waals surface area contributed by atoms with Crippen molar-refractivity contribution in [1.82, 2.24) is 20.1 Å². The Morgan fingerprint density at radius 3 is 2.89 bits per heavy atom. The van der Waals surface area contributed by atoms with Crippen LogP contribution in [0.2, 0.25) is 0 Å². The fourth-order valence-electron chi connectivity index (χ4n) is 3.70. The van der Waals surface area contributed by atoms with E-state index in [1.165, 1.54) is 12.1 Å². The number of benzene rings is 2. The molecule has 0 aliphatic heterocycles. The molecule has 0 atom stereocenters. The van der Waals surface area contributed by atoms with Gasteiger partial charge in [0.15, 0.2) is 10.9 Å². The van der Waals surface area contributed by atoms with Crippen LogP contribution < -0.4 is 15.4 Å². The zero-order chi connectivity index (χ0) is 25.8. The van der Waals surface area contributed by atoms with Gasteiger partial charge in [-0.05, 0) is 29.7 Å². The number of ether oxygens (including phenoxy) is 1. The predicted molar refractivity (Wildman–Crippen MR) is 137 cm³/mol. The van der Waals surface area contributed by atoms with Gasteiger partial charge in [-0.25, -0.2) is 14.4 Å². The number of thiazole rings is 1. The molecule has 0 bridgehead atoms. The molecule has 12 heteroatoms. The maximum Gasteiger partial charge on any atom is 0.227 e. The molecule has 0 radical (unpaired) electrons. The van der Waals surface area contributed by atoms with E-state index in [1.807, 2.05) is 24.3 Å². The zero-order valence-electron chi connectivity index (χ0n) is 19.8. The standard InChI is InChI=1S/C25H22F2N6O3S/c1-14-30-23(33-36-14)16-4-3-15-7-10-28-24(17(15)13-16)29-11-8-20(34)31-25-32-21-18(27)5-6-19(22(21)37-25)35-12-2-9-26/h3-7,10,13H,2,8-9,11-12H2,1H3,(H,28,29)(H,31,32,34). The minimum absolute atomic E-state index is 0.101. The number of carbonyl (C=O) groups is 1. The number of aryl methyl sites for hydroxylation is 1. The van der Waals surface area contributed by atoms with Crippen molar-refractivity contribution in [2.24, 2.45) is 0 Å². The third-order valence-electron chi connectivity index (χ3n) is 5.44. The van der Waals surface area contributed by atoms with Gasteiger partial charge in [0.2, 0.25) is 17.6 Å². The predicted octanol–water partition coefficient (Wildman–Crippen LogP) is 5.52. The fraction of sp³-hybridized carbons (Fsp3) is 0.240. The number of nitrogens with zero attached hydrogens (tertiary/aromatic N) is 4. The van der Waals surface area contributed by atoms with Crippen LogP contribution in [-0.2, 0) is 4.79 Å². The van der Waals surface area contributed by atoms with E-state index in [1.54, 1.807) is 13.1 Å². The monoisotopic (exact) mass is 524 g/mol. The smallest absolute Gasteiger partial charge is 0.227 e. The third-order valence-corrected chi connectivity index (χ3v) is 6.42. The van der Waals surface area contributed by atoms with E-state index in [2.05, 4.69) is 30.7 Å². The van der Waals surface area contributed by atoms with Gasteiger partial charge in [-0.2, -0.15) is 4.98 Å². The van der Waals surface area contributed by atoms with E-state index in [4.69, 9.17) is 9.26 Å². The van der Waals surface area contributed by atoms with Crippen LogP contribution in [0.25, 0.3) is 32.4 Å². The number of fused-ring (bicyclic) bond motifs is 2. The third kappa shape index (κ3) is 5.48. The van der Waals surface area contributed by atoms with Crippen LogP contribution in [0.4, 0.5) is 19.7 Å². The van der Waals surface area contributed by atoms with Crippen molar-refractivity contribution in [3.8, 4) is 17.1 Å². The molecule has 5 aromatic rings. The fourth-order valence-corrected chi connectivity index (χ4v) is 4.66. The summed E-state index contributed by atoms with van der Waals surface area (Å²) in [5, 5.41) is 11.9. The second kappa shape index (κ2) is 10.8. The van der Waals surface area contributed by atoms with Crippen LogP contribution in [0, 0.1) is 12.7 Å². The molecular formula is C25H22F2N6O3S. The first kappa shape index (κ1) is 24.5. The van der Waals surface area contributed by atoms with Crippen molar-refractivity contribution < 1.29 is 22.8 Å². The SMILES string of the molecule is Cc1nc(-c2ccc3ccnc(NCCC(=O)Nc4nc5c(F)ccc(OCCCF)c5s4)c3c2)no1. The number of rotatable bonds is 10. The molecule has 2 N–H and O–H groups in total. The number of halogens is 2. The lowest BCUT2D eigenvalue weighted by Gasteiger charge is -2.09. The average Bonchev–Trinajstić information content (AvgIpc) is 3.52. The molecule has 190 valence electrons. The Morgan fingerprint density at radius 2 is 2.08 bits per heavy atom. The van der Waals surface area contributed by atoms with Gasteiger partial charge >= 0.3 is 0 Å². The number of alkyl halides is 1. The Balaban J connectivity index is 1.24. The molecule has 0 saturated heterocycles. The maximum absolute atomic E-state index is 14.2. The molecule has 0 aliphatic rings. The topological polar surface area (TPSA) is 115 Å². The van der Waals surface area contributed by atoms with Gasteiger partial charge in [-0.1, -0.05) is 28.6 Å². The maximum atomic E-state index is 14.2. The molecular weight excluding hydrogens is 502 g/mol. The Bertz CT molecular complexity index is 1570. The number of pyridine rings is 1. The summed E-state index contributed by atoms with van der Waals surface area (Å²) in [4.78, 5) is 25.4. The van der Waals surface area contributed by atoms with Crippen molar-refractivity contribution in [1.29, 1.82) is 0 Å². The molecule has 9 nitrogen and oxygen atoms in total. The first-order chi connectivity index (χ1) is 18.0. The number of carbonyl (C=O) groups excluding carboxylic acids is 1. The Kier molecular flexibility index (Phi) is 7.17. The van der Waals surface area contributed by atoms with Gasteiger partial charge < -0.3 is 19.9 Å². The number of anilines is 2.